The van der Waals surface area contributed by atoms with Gasteiger partial charge in [-0.1, -0.05) is 18.2 Å². The van der Waals surface area contributed by atoms with E-state index in [9.17, 15) is 4.79 Å². The van der Waals surface area contributed by atoms with E-state index in [2.05, 4.69) is 5.32 Å². The first-order chi connectivity index (χ1) is 11.2. The molecule has 1 heterocycles. The van der Waals surface area contributed by atoms with Gasteiger partial charge in [0.25, 0.3) is 0 Å². The lowest BCUT2D eigenvalue weighted by atomic mass is 10.2. The molecule has 0 amide bonds. The molecule has 1 N–H and O–H groups in total. The summed E-state index contributed by atoms with van der Waals surface area (Å²) in [6, 6.07) is 14.7. The highest BCUT2D eigenvalue weighted by atomic mass is 16.5. The molecule has 2 aromatic carbocycles. The molecule has 5 nitrogen and oxygen atoms in total. The van der Waals surface area contributed by atoms with Gasteiger partial charge < -0.3 is 19.2 Å². The maximum atomic E-state index is 12.3. The summed E-state index contributed by atoms with van der Waals surface area (Å²) in [5.74, 6) is 1.52. The SMILES string of the molecule is COc1ccc(NCC(=O)c2cc3ccccc3o2)c(OC)c1. The maximum absolute atomic E-state index is 12.3. The van der Waals surface area contributed by atoms with Crippen molar-refractivity contribution in [3.63, 3.8) is 0 Å². The van der Waals surface area contributed by atoms with Crippen molar-refractivity contribution in [3.8, 4) is 11.5 Å². The predicted octanol–water partition coefficient (Wildman–Crippen LogP) is 3.74. The number of nitrogens with one attached hydrogen (secondary N) is 1. The third-order valence-electron chi connectivity index (χ3n) is 3.55. The molecule has 0 unspecified atom stereocenters. The number of methoxy groups -OCH3 is 2. The van der Waals surface area contributed by atoms with Gasteiger partial charge in [0.05, 0.1) is 26.5 Å². The number of fused-ring (bicyclic) bond motifs is 1. The van der Waals surface area contributed by atoms with Gasteiger partial charge in [-0.3, -0.25) is 4.79 Å². The average molecular weight is 311 g/mol. The lowest BCUT2D eigenvalue weighted by Gasteiger charge is -2.11. The lowest BCUT2D eigenvalue weighted by Crippen LogP contribution is -2.13. The molecule has 0 aliphatic heterocycles. The number of para-hydroxylation sites is 1. The average Bonchev–Trinajstić information content (AvgIpc) is 3.03. The molecule has 0 spiro atoms. The van der Waals surface area contributed by atoms with Crippen molar-refractivity contribution < 1.29 is 18.7 Å². The molecule has 0 saturated carbocycles. The zero-order valence-corrected chi connectivity index (χ0v) is 13.0. The van der Waals surface area contributed by atoms with E-state index >= 15 is 0 Å². The normalized spacial score (nSPS) is 10.5. The van der Waals surface area contributed by atoms with Gasteiger partial charge in [0.15, 0.2) is 5.76 Å². The molecule has 0 radical (unpaired) electrons. The fourth-order valence-electron chi connectivity index (χ4n) is 2.33. The topological polar surface area (TPSA) is 60.7 Å². The van der Waals surface area contributed by atoms with Crippen LogP contribution in [0, 0.1) is 0 Å². The Kier molecular flexibility index (Phi) is 4.19. The fourth-order valence-corrected chi connectivity index (χ4v) is 2.33. The van der Waals surface area contributed by atoms with Gasteiger partial charge in [0, 0.05) is 11.5 Å². The Labute approximate surface area is 133 Å². The highest BCUT2D eigenvalue weighted by Crippen LogP contribution is 2.29. The molecule has 0 aliphatic rings. The molecule has 0 saturated heterocycles. The summed E-state index contributed by atoms with van der Waals surface area (Å²) in [6.07, 6.45) is 0. The minimum atomic E-state index is -0.126. The molecule has 23 heavy (non-hydrogen) atoms. The van der Waals surface area contributed by atoms with Crippen LogP contribution >= 0.6 is 0 Å². The minimum Gasteiger partial charge on any atom is -0.497 e. The zero-order chi connectivity index (χ0) is 16.2. The van der Waals surface area contributed by atoms with E-state index in [1.807, 2.05) is 30.3 Å². The fraction of sp³-hybridized carbons (Fsp3) is 0.167. The van der Waals surface area contributed by atoms with Crippen molar-refractivity contribution >= 4 is 22.4 Å². The smallest absolute Gasteiger partial charge is 0.216 e. The molecule has 5 heteroatoms. The second-order valence-electron chi connectivity index (χ2n) is 4.99. The third kappa shape index (κ3) is 3.13. The number of hydrogen-bond acceptors (Lipinski definition) is 5. The van der Waals surface area contributed by atoms with E-state index in [1.54, 1.807) is 32.4 Å². The predicted molar refractivity (Wildman–Crippen MR) is 88.6 cm³/mol. The Morgan fingerprint density at radius 3 is 2.65 bits per heavy atom. The molecule has 1 aromatic heterocycles. The molecule has 118 valence electrons. The maximum Gasteiger partial charge on any atom is 0.216 e. The van der Waals surface area contributed by atoms with Crippen LogP contribution in [0.1, 0.15) is 10.6 Å². The monoisotopic (exact) mass is 311 g/mol. The highest BCUT2D eigenvalue weighted by Gasteiger charge is 2.13. The van der Waals surface area contributed by atoms with Crippen LogP contribution in [0.25, 0.3) is 11.0 Å². The van der Waals surface area contributed by atoms with Crippen LogP contribution in [-0.2, 0) is 0 Å². The Morgan fingerprint density at radius 2 is 1.91 bits per heavy atom. The largest absolute Gasteiger partial charge is 0.497 e. The Morgan fingerprint density at radius 1 is 1.09 bits per heavy atom. The van der Waals surface area contributed by atoms with Gasteiger partial charge in [0.2, 0.25) is 5.78 Å². The number of furan rings is 1. The number of benzene rings is 2. The first kappa shape index (κ1) is 15.0. The van der Waals surface area contributed by atoms with Gasteiger partial charge in [-0.25, -0.2) is 0 Å². The van der Waals surface area contributed by atoms with E-state index in [0.717, 1.165) is 11.1 Å². The molecule has 0 atom stereocenters. The second-order valence-corrected chi connectivity index (χ2v) is 4.99. The van der Waals surface area contributed by atoms with E-state index in [0.29, 0.717) is 22.8 Å². The zero-order valence-electron chi connectivity index (χ0n) is 13.0. The van der Waals surface area contributed by atoms with Crippen molar-refractivity contribution in [2.75, 3.05) is 26.1 Å². The van der Waals surface area contributed by atoms with Crippen molar-refractivity contribution in [2.24, 2.45) is 0 Å². The Balaban J connectivity index is 1.73. The van der Waals surface area contributed by atoms with E-state index in [-0.39, 0.29) is 12.3 Å². The summed E-state index contributed by atoms with van der Waals surface area (Å²) in [5.41, 5.74) is 1.43. The van der Waals surface area contributed by atoms with Crippen LogP contribution in [0.3, 0.4) is 0 Å². The van der Waals surface area contributed by atoms with Gasteiger partial charge in [-0.05, 0) is 24.3 Å². The van der Waals surface area contributed by atoms with E-state index in [4.69, 9.17) is 13.9 Å². The summed E-state index contributed by atoms with van der Waals surface area (Å²) in [6.45, 7) is 0.114. The second kappa shape index (κ2) is 6.44. The number of Topliss-reactive ketones (excluding diaryl/α,β-unsaturated/α-hetero) is 1. The summed E-state index contributed by atoms with van der Waals surface area (Å²) in [4.78, 5) is 12.3. The van der Waals surface area contributed by atoms with Crippen LogP contribution < -0.4 is 14.8 Å². The van der Waals surface area contributed by atoms with Crippen LogP contribution in [0.4, 0.5) is 5.69 Å². The number of carbonyl (C=O) groups is 1. The standard InChI is InChI=1S/C18H17NO4/c1-21-13-7-8-14(17(10-13)22-2)19-11-15(20)18-9-12-5-3-4-6-16(12)23-18/h3-10,19H,11H2,1-2H3. The highest BCUT2D eigenvalue weighted by molar-refractivity contribution is 6.00. The van der Waals surface area contributed by atoms with Crippen molar-refractivity contribution in [2.45, 2.75) is 0 Å². The Bertz CT molecular complexity index is 805. The molecule has 0 aliphatic carbocycles. The molecule has 0 bridgehead atoms. The molecule has 0 fully saturated rings. The van der Waals surface area contributed by atoms with Crippen molar-refractivity contribution in [1.82, 2.24) is 0 Å². The quantitative estimate of drug-likeness (QED) is 0.703. The van der Waals surface area contributed by atoms with Crippen LogP contribution in [0.2, 0.25) is 0 Å². The van der Waals surface area contributed by atoms with Crippen molar-refractivity contribution in [1.29, 1.82) is 0 Å². The summed E-state index contributed by atoms with van der Waals surface area (Å²) in [5, 5.41) is 3.98. The summed E-state index contributed by atoms with van der Waals surface area (Å²) >= 11 is 0. The lowest BCUT2D eigenvalue weighted by molar-refractivity contribution is 0.0982. The van der Waals surface area contributed by atoms with Gasteiger partial charge in [0.1, 0.15) is 17.1 Å². The Hall–Kier alpha value is -2.95. The van der Waals surface area contributed by atoms with E-state index in [1.165, 1.54) is 0 Å². The number of hydrogen-bond donors (Lipinski definition) is 1. The first-order valence-electron chi connectivity index (χ1n) is 7.19. The number of ether oxygens (including phenoxy) is 2. The summed E-state index contributed by atoms with van der Waals surface area (Å²) in [7, 11) is 3.16. The first-order valence-corrected chi connectivity index (χ1v) is 7.19. The van der Waals surface area contributed by atoms with Crippen LogP contribution in [0.5, 0.6) is 11.5 Å². The number of rotatable bonds is 6. The third-order valence-corrected chi connectivity index (χ3v) is 3.55. The minimum absolute atomic E-state index is 0.114. The van der Waals surface area contributed by atoms with Gasteiger partial charge in [-0.2, -0.15) is 0 Å². The van der Waals surface area contributed by atoms with Crippen LogP contribution in [-0.4, -0.2) is 26.5 Å². The molecule has 3 rings (SSSR count). The van der Waals surface area contributed by atoms with Crippen LogP contribution in [0.15, 0.2) is 52.9 Å². The molecular formula is C18H17NO4. The van der Waals surface area contributed by atoms with Crippen molar-refractivity contribution in [3.05, 3.63) is 54.3 Å². The van der Waals surface area contributed by atoms with Gasteiger partial charge in [-0.15, -0.1) is 0 Å². The number of carbonyl (C=O) groups excluding carboxylic acids is 1. The van der Waals surface area contributed by atoms with Gasteiger partial charge >= 0.3 is 0 Å². The molecular weight excluding hydrogens is 294 g/mol. The number of ketones is 1. The molecule has 3 aromatic rings. The van der Waals surface area contributed by atoms with E-state index < -0.39 is 0 Å². The summed E-state index contributed by atoms with van der Waals surface area (Å²) < 4.78 is 16.0. The number of anilines is 1.